The lowest BCUT2D eigenvalue weighted by Gasteiger charge is -2.19. The average Bonchev–Trinajstić information content (AvgIpc) is 2.83. The van der Waals surface area contributed by atoms with Crippen molar-refractivity contribution in [3.8, 4) is 5.75 Å². The topological polar surface area (TPSA) is 34.2 Å². The van der Waals surface area contributed by atoms with Gasteiger partial charge in [0.05, 0.1) is 16.8 Å². The smallest absolute Gasteiger partial charge is 0.120 e. The van der Waals surface area contributed by atoms with Gasteiger partial charge in [0.1, 0.15) is 5.75 Å². The van der Waals surface area contributed by atoms with Crippen molar-refractivity contribution in [1.29, 1.82) is 0 Å². The summed E-state index contributed by atoms with van der Waals surface area (Å²) in [4.78, 5) is 4.58. The molecule has 1 aromatic heterocycles. The molecule has 0 fully saturated rings. The third kappa shape index (κ3) is 4.83. The number of nitrogens with zero attached hydrogens (tertiary/aromatic N) is 1. The van der Waals surface area contributed by atoms with E-state index < -0.39 is 0 Å². The minimum atomic E-state index is 0.194. The molecule has 1 N–H and O–H groups in total. The molecular weight excluding hydrogens is 280 g/mol. The van der Waals surface area contributed by atoms with E-state index in [1.807, 2.05) is 26.8 Å². The SMILES string of the molecule is CCNC(Cc1csc(C)n1)c1cccc(OC(C)C)c1. The van der Waals surface area contributed by atoms with Gasteiger partial charge in [-0.25, -0.2) is 4.98 Å². The Hall–Kier alpha value is -1.39. The zero-order valence-electron chi connectivity index (χ0n) is 13.2. The molecule has 0 amide bonds. The van der Waals surface area contributed by atoms with E-state index in [2.05, 4.69) is 40.8 Å². The Bertz CT molecular complexity index is 565. The maximum absolute atomic E-state index is 5.80. The molecule has 4 heteroatoms. The minimum absolute atomic E-state index is 0.194. The minimum Gasteiger partial charge on any atom is -0.491 e. The fraction of sp³-hybridized carbons (Fsp3) is 0.471. The summed E-state index contributed by atoms with van der Waals surface area (Å²) in [6.07, 6.45) is 1.10. The third-order valence-electron chi connectivity index (χ3n) is 3.16. The van der Waals surface area contributed by atoms with E-state index in [1.54, 1.807) is 11.3 Å². The van der Waals surface area contributed by atoms with Gasteiger partial charge in [-0.15, -0.1) is 11.3 Å². The van der Waals surface area contributed by atoms with E-state index in [0.29, 0.717) is 0 Å². The number of rotatable bonds is 7. The number of hydrogen-bond acceptors (Lipinski definition) is 4. The molecule has 21 heavy (non-hydrogen) atoms. The largest absolute Gasteiger partial charge is 0.491 e. The number of benzene rings is 1. The monoisotopic (exact) mass is 304 g/mol. The first-order chi connectivity index (χ1) is 10.1. The van der Waals surface area contributed by atoms with Gasteiger partial charge in [0, 0.05) is 17.8 Å². The zero-order chi connectivity index (χ0) is 15.2. The van der Waals surface area contributed by atoms with Gasteiger partial charge in [0.2, 0.25) is 0 Å². The van der Waals surface area contributed by atoms with Gasteiger partial charge >= 0.3 is 0 Å². The van der Waals surface area contributed by atoms with Crippen LogP contribution in [0.2, 0.25) is 0 Å². The van der Waals surface area contributed by atoms with Crippen LogP contribution in [0.3, 0.4) is 0 Å². The van der Waals surface area contributed by atoms with Gasteiger partial charge in [0.25, 0.3) is 0 Å². The van der Waals surface area contributed by atoms with Crippen LogP contribution in [0.5, 0.6) is 5.75 Å². The average molecular weight is 304 g/mol. The summed E-state index contributed by atoms with van der Waals surface area (Å²) >= 11 is 1.71. The van der Waals surface area contributed by atoms with Crippen molar-refractivity contribution in [3.63, 3.8) is 0 Å². The Labute approximate surface area is 131 Å². The molecule has 1 heterocycles. The summed E-state index contributed by atoms with van der Waals surface area (Å²) in [5, 5.41) is 6.82. The Morgan fingerprint density at radius 3 is 2.76 bits per heavy atom. The first kappa shape index (κ1) is 16.0. The number of likely N-dealkylation sites (N-methyl/N-ethyl adjacent to an activating group) is 1. The molecule has 0 aliphatic rings. The third-order valence-corrected chi connectivity index (χ3v) is 3.98. The Kier molecular flexibility index (Phi) is 5.76. The van der Waals surface area contributed by atoms with Crippen LogP contribution in [-0.4, -0.2) is 17.6 Å². The van der Waals surface area contributed by atoms with Crippen LogP contribution in [0.25, 0.3) is 0 Å². The Balaban J connectivity index is 2.17. The van der Waals surface area contributed by atoms with E-state index in [4.69, 9.17) is 4.74 Å². The van der Waals surface area contributed by atoms with Crippen molar-refractivity contribution in [2.75, 3.05) is 6.54 Å². The Morgan fingerprint density at radius 1 is 1.33 bits per heavy atom. The van der Waals surface area contributed by atoms with Crippen molar-refractivity contribution in [2.45, 2.75) is 46.3 Å². The molecule has 0 saturated carbocycles. The van der Waals surface area contributed by atoms with Gasteiger partial charge in [0.15, 0.2) is 0 Å². The summed E-state index contributed by atoms with van der Waals surface area (Å²) < 4.78 is 5.80. The van der Waals surface area contributed by atoms with Crippen molar-refractivity contribution in [3.05, 3.63) is 45.9 Å². The van der Waals surface area contributed by atoms with Crippen molar-refractivity contribution < 1.29 is 4.74 Å². The second-order valence-corrected chi connectivity index (χ2v) is 6.47. The lowest BCUT2D eigenvalue weighted by Crippen LogP contribution is -2.23. The molecule has 0 spiro atoms. The van der Waals surface area contributed by atoms with Crippen LogP contribution in [0.4, 0.5) is 0 Å². The number of aryl methyl sites for hydroxylation is 1. The van der Waals surface area contributed by atoms with Crippen LogP contribution < -0.4 is 10.1 Å². The highest BCUT2D eigenvalue weighted by molar-refractivity contribution is 7.09. The number of thiazole rings is 1. The van der Waals surface area contributed by atoms with Gasteiger partial charge in [-0.1, -0.05) is 19.1 Å². The highest BCUT2D eigenvalue weighted by Gasteiger charge is 2.14. The molecule has 2 rings (SSSR count). The summed E-state index contributed by atoms with van der Waals surface area (Å²) in [6, 6.07) is 8.63. The molecule has 0 radical (unpaired) electrons. The molecule has 0 aliphatic heterocycles. The summed E-state index contributed by atoms with van der Waals surface area (Å²) in [7, 11) is 0. The molecule has 0 aliphatic carbocycles. The summed E-state index contributed by atoms with van der Waals surface area (Å²) in [5.41, 5.74) is 2.40. The fourth-order valence-corrected chi connectivity index (χ4v) is 2.97. The number of nitrogens with one attached hydrogen (secondary N) is 1. The molecule has 1 unspecified atom stereocenters. The molecule has 1 atom stereocenters. The molecule has 114 valence electrons. The van der Waals surface area contributed by atoms with Crippen LogP contribution >= 0.6 is 11.3 Å². The highest BCUT2D eigenvalue weighted by Crippen LogP contribution is 2.24. The van der Waals surface area contributed by atoms with Crippen molar-refractivity contribution >= 4 is 11.3 Å². The van der Waals surface area contributed by atoms with Crippen LogP contribution in [0.15, 0.2) is 29.6 Å². The predicted molar refractivity (Wildman–Crippen MR) is 89.2 cm³/mol. The summed E-state index contributed by atoms with van der Waals surface area (Å²) in [6.45, 7) is 9.21. The van der Waals surface area contributed by atoms with Gasteiger partial charge in [-0.3, -0.25) is 0 Å². The molecule has 3 nitrogen and oxygen atoms in total. The molecule has 0 saturated heterocycles. The second-order valence-electron chi connectivity index (χ2n) is 5.41. The quantitative estimate of drug-likeness (QED) is 0.835. The van der Waals surface area contributed by atoms with Crippen LogP contribution in [-0.2, 0) is 6.42 Å². The number of ether oxygens (including phenoxy) is 1. The lowest BCUT2D eigenvalue weighted by molar-refractivity contribution is 0.242. The number of aromatic nitrogens is 1. The van der Waals surface area contributed by atoms with E-state index in [9.17, 15) is 0 Å². The van der Waals surface area contributed by atoms with E-state index in [1.165, 1.54) is 5.56 Å². The molecular formula is C17H24N2OS. The van der Waals surface area contributed by atoms with Crippen molar-refractivity contribution in [1.82, 2.24) is 10.3 Å². The fourth-order valence-electron chi connectivity index (χ4n) is 2.34. The summed E-state index contributed by atoms with van der Waals surface area (Å²) in [5.74, 6) is 0.930. The molecule has 2 aromatic rings. The standard InChI is InChI=1S/C17H24N2OS/c1-5-18-17(10-15-11-21-13(4)19-15)14-7-6-8-16(9-14)20-12(2)3/h6-9,11-12,17-18H,5,10H2,1-4H3. The maximum Gasteiger partial charge on any atom is 0.120 e. The highest BCUT2D eigenvalue weighted by atomic mass is 32.1. The van der Waals surface area contributed by atoms with E-state index >= 15 is 0 Å². The van der Waals surface area contributed by atoms with Crippen LogP contribution in [0, 0.1) is 6.92 Å². The molecule has 0 bridgehead atoms. The second kappa shape index (κ2) is 7.57. The van der Waals surface area contributed by atoms with Crippen molar-refractivity contribution in [2.24, 2.45) is 0 Å². The Morgan fingerprint density at radius 2 is 2.14 bits per heavy atom. The molecule has 1 aromatic carbocycles. The van der Waals surface area contributed by atoms with E-state index in [0.717, 1.165) is 29.4 Å². The van der Waals surface area contributed by atoms with Gasteiger partial charge in [-0.2, -0.15) is 0 Å². The zero-order valence-corrected chi connectivity index (χ0v) is 14.0. The predicted octanol–water partition coefficient (Wildman–Crippen LogP) is 4.13. The maximum atomic E-state index is 5.80. The van der Waals surface area contributed by atoms with Gasteiger partial charge < -0.3 is 10.1 Å². The number of hydrogen-bond donors (Lipinski definition) is 1. The van der Waals surface area contributed by atoms with Crippen LogP contribution in [0.1, 0.15) is 43.1 Å². The van der Waals surface area contributed by atoms with Gasteiger partial charge in [-0.05, 0) is 45.0 Å². The first-order valence-corrected chi connectivity index (χ1v) is 8.37. The first-order valence-electron chi connectivity index (χ1n) is 7.49. The normalized spacial score (nSPS) is 12.6. The lowest BCUT2D eigenvalue weighted by atomic mass is 10.0. The van der Waals surface area contributed by atoms with E-state index in [-0.39, 0.29) is 12.1 Å².